The molecule has 1 atom stereocenters. The van der Waals surface area contributed by atoms with Crippen LogP contribution >= 0.6 is 11.6 Å². The molecule has 0 aromatic heterocycles. The molecule has 1 aromatic carbocycles. The fraction of sp³-hybridized carbons (Fsp3) is 0.429. The Balaban J connectivity index is 2.13. The van der Waals surface area contributed by atoms with Crippen molar-refractivity contribution in [3.8, 4) is 5.75 Å². The molecule has 0 bridgehead atoms. The van der Waals surface area contributed by atoms with E-state index in [-0.39, 0.29) is 17.3 Å². The van der Waals surface area contributed by atoms with Gasteiger partial charge in [0.25, 0.3) is 0 Å². The van der Waals surface area contributed by atoms with Crippen molar-refractivity contribution in [2.24, 2.45) is 5.92 Å². The Kier molecular flexibility index (Phi) is 5.43. The van der Waals surface area contributed by atoms with Crippen LogP contribution in [0.3, 0.4) is 0 Å². The Hall–Kier alpha value is -2.16. The first-order chi connectivity index (χ1) is 11.2. The zero-order chi connectivity index (χ0) is 17.9. The second-order valence-corrected chi connectivity index (χ2v) is 5.68. The number of anilines is 1. The third-order valence-corrected chi connectivity index (χ3v) is 3.70. The van der Waals surface area contributed by atoms with Crippen LogP contribution in [0.1, 0.15) is 12.8 Å². The quantitative estimate of drug-likeness (QED) is 0.857. The van der Waals surface area contributed by atoms with E-state index in [4.69, 9.17) is 16.7 Å². The van der Waals surface area contributed by atoms with Gasteiger partial charge in [0.1, 0.15) is 0 Å². The van der Waals surface area contributed by atoms with Crippen molar-refractivity contribution in [3.63, 3.8) is 0 Å². The van der Waals surface area contributed by atoms with E-state index in [2.05, 4.69) is 10.1 Å². The van der Waals surface area contributed by atoms with Gasteiger partial charge in [0.2, 0.25) is 0 Å². The molecule has 1 saturated heterocycles. The molecule has 132 valence electrons. The number of hydrogen-bond acceptors (Lipinski definition) is 3. The van der Waals surface area contributed by atoms with Gasteiger partial charge in [0, 0.05) is 18.1 Å². The molecule has 10 heteroatoms. The number of nitrogens with one attached hydrogen (secondary N) is 1. The van der Waals surface area contributed by atoms with E-state index in [1.165, 1.54) is 11.0 Å². The SMILES string of the molecule is O=C(O)C1CCCN(C(=O)Nc2cc(Cl)ccc2OC(F)(F)F)C1. The summed E-state index contributed by atoms with van der Waals surface area (Å²) in [6.45, 7) is 0.294. The Morgan fingerprint density at radius 1 is 1.38 bits per heavy atom. The minimum Gasteiger partial charge on any atom is -0.481 e. The number of ether oxygens (including phenoxy) is 1. The zero-order valence-corrected chi connectivity index (χ0v) is 13.0. The van der Waals surface area contributed by atoms with Crippen molar-refractivity contribution in [1.82, 2.24) is 4.90 Å². The molecule has 1 aliphatic rings. The molecule has 1 fully saturated rings. The van der Waals surface area contributed by atoms with Gasteiger partial charge in [0.05, 0.1) is 11.6 Å². The molecule has 1 aliphatic heterocycles. The Bertz CT molecular complexity index is 639. The number of piperidine rings is 1. The number of nitrogens with zero attached hydrogens (tertiary/aromatic N) is 1. The van der Waals surface area contributed by atoms with Crippen molar-refractivity contribution >= 4 is 29.3 Å². The summed E-state index contributed by atoms with van der Waals surface area (Å²) in [5.74, 6) is -2.32. The number of likely N-dealkylation sites (tertiary alicyclic amines) is 1. The van der Waals surface area contributed by atoms with E-state index in [1.54, 1.807) is 0 Å². The predicted octanol–water partition coefficient (Wildman–Crippen LogP) is 3.57. The first-order valence-corrected chi connectivity index (χ1v) is 7.37. The molecule has 2 amide bonds. The van der Waals surface area contributed by atoms with E-state index < -0.39 is 30.0 Å². The maximum atomic E-state index is 12.4. The molecule has 0 spiro atoms. The molecule has 6 nitrogen and oxygen atoms in total. The monoisotopic (exact) mass is 366 g/mol. The number of halogens is 4. The fourth-order valence-electron chi connectivity index (χ4n) is 2.37. The van der Waals surface area contributed by atoms with Crippen molar-refractivity contribution < 1.29 is 32.6 Å². The third-order valence-electron chi connectivity index (χ3n) is 3.47. The van der Waals surface area contributed by atoms with Crippen LogP contribution in [-0.4, -0.2) is 41.5 Å². The highest BCUT2D eigenvalue weighted by Crippen LogP contribution is 2.33. The van der Waals surface area contributed by atoms with Crippen LogP contribution in [0.15, 0.2) is 18.2 Å². The number of aliphatic carboxylic acids is 1. The summed E-state index contributed by atoms with van der Waals surface area (Å²) in [6.07, 6.45) is -3.99. The lowest BCUT2D eigenvalue weighted by molar-refractivity contribution is -0.274. The minimum absolute atomic E-state index is 0.0167. The number of rotatable bonds is 3. The van der Waals surface area contributed by atoms with Gasteiger partial charge >= 0.3 is 18.4 Å². The molecule has 24 heavy (non-hydrogen) atoms. The summed E-state index contributed by atoms with van der Waals surface area (Å²) in [6, 6.07) is 2.59. The van der Waals surface area contributed by atoms with Crippen LogP contribution in [0.2, 0.25) is 5.02 Å². The lowest BCUT2D eigenvalue weighted by Crippen LogP contribution is -2.44. The van der Waals surface area contributed by atoms with Crippen LogP contribution in [0.4, 0.5) is 23.7 Å². The van der Waals surface area contributed by atoms with Gasteiger partial charge in [-0.1, -0.05) is 11.6 Å². The van der Waals surface area contributed by atoms with Crippen LogP contribution in [0, 0.1) is 5.92 Å². The van der Waals surface area contributed by atoms with Gasteiger partial charge in [-0.15, -0.1) is 13.2 Å². The topological polar surface area (TPSA) is 78.9 Å². The lowest BCUT2D eigenvalue weighted by Gasteiger charge is -2.31. The van der Waals surface area contributed by atoms with Crippen LogP contribution in [0.5, 0.6) is 5.75 Å². The van der Waals surface area contributed by atoms with E-state index in [0.29, 0.717) is 19.4 Å². The van der Waals surface area contributed by atoms with E-state index in [1.807, 2.05) is 0 Å². The average Bonchev–Trinajstić information content (AvgIpc) is 2.49. The molecule has 1 unspecified atom stereocenters. The minimum atomic E-state index is -4.92. The zero-order valence-electron chi connectivity index (χ0n) is 12.3. The Morgan fingerprint density at radius 3 is 2.71 bits per heavy atom. The molecule has 0 aliphatic carbocycles. The van der Waals surface area contributed by atoms with Gasteiger partial charge < -0.3 is 20.1 Å². The predicted molar refractivity (Wildman–Crippen MR) is 79.1 cm³/mol. The smallest absolute Gasteiger partial charge is 0.481 e. The maximum absolute atomic E-state index is 12.4. The number of amides is 2. The first-order valence-electron chi connectivity index (χ1n) is 7.00. The summed E-state index contributed by atoms with van der Waals surface area (Å²) in [5.41, 5.74) is -0.248. The summed E-state index contributed by atoms with van der Waals surface area (Å²) in [7, 11) is 0. The second kappa shape index (κ2) is 7.16. The highest BCUT2D eigenvalue weighted by atomic mass is 35.5. The fourth-order valence-corrected chi connectivity index (χ4v) is 2.54. The largest absolute Gasteiger partial charge is 0.573 e. The summed E-state index contributed by atoms with van der Waals surface area (Å²) >= 11 is 5.74. The summed E-state index contributed by atoms with van der Waals surface area (Å²) < 4.78 is 41.1. The number of carbonyl (C=O) groups excluding carboxylic acids is 1. The molecule has 2 N–H and O–H groups in total. The molecule has 1 heterocycles. The third kappa shape index (κ3) is 4.92. The van der Waals surface area contributed by atoms with Crippen molar-refractivity contribution in [3.05, 3.63) is 23.2 Å². The second-order valence-electron chi connectivity index (χ2n) is 5.24. The molecule has 0 radical (unpaired) electrons. The van der Waals surface area contributed by atoms with Gasteiger partial charge in [-0.25, -0.2) is 4.79 Å². The van der Waals surface area contributed by atoms with Crippen molar-refractivity contribution in [2.45, 2.75) is 19.2 Å². The molecular formula is C14H14ClF3N2O4. The molecule has 1 aromatic rings. The summed E-state index contributed by atoms with van der Waals surface area (Å²) in [5, 5.41) is 11.4. The maximum Gasteiger partial charge on any atom is 0.573 e. The van der Waals surface area contributed by atoms with Crippen molar-refractivity contribution in [2.75, 3.05) is 18.4 Å². The standard InChI is InChI=1S/C14H14ClF3N2O4/c15-9-3-4-11(24-14(16,17)18)10(6-9)19-13(23)20-5-1-2-8(7-20)12(21)22/h3-4,6,8H,1-2,5,7H2,(H,19,23)(H,21,22). The highest BCUT2D eigenvalue weighted by Gasteiger charge is 2.33. The van der Waals surface area contributed by atoms with E-state index >= 15 is 0 Å². The number of carbonyl (C=O) groups is 2. The molecular weight excluding hydrogens is 353 g/mol. The van der Waals surface area contributed by atoms with E-state index in [0.717, 1.165) is 12.1 Å². The average molecular weight is 367 g/mol. The normalized spacial score (nSPS) is 18.2. The van der Waals surface area contributed by atoms with Gasteiger partial charge in [-0.3, -0.25) is 4.79 Å². The number of urea groups is 1. The number of carboxylic acid groups (broad SMARTS) is 1. The molecule has 2 rings (SSSR count). The van der Waals surface area contributed by atoms with Crippen molar-refractivity contribution in [1.29, 1.82) is 0 Å². The molecule has 0 saturated carbocycles. The highest BCUT2D eigenvalue weighted by molar-refractivity contribution is 6.31. The van der Waals surface area contributed by atoms with E-state index in [9.17, 15) is 22.8 Å². The number of hydrogen-bond donors (Lipinski definition) is 2. The first kappa shape index (κ1) is 18.2. The Morgan fingerprint density at radius 2 is 2.08 bits per heavy atom. The Labute approximate surface area is 140 Å². The van der Waals surface area contributed by atoms with Gasteiger partial charge in [-0.05, 0) is 31.0 Å². The number of benzene rings is 1. The van der Waals surface area contributed by atoms with Crippen LogP contribution in [0.25, 0.3) is 0 Å². The number of carboxylic acids is 1. The van der Waals surface area contributed by atoms with Crippen LogP contribution in [-0.2, 0) is 4.79 Å². The number of alkyl halides is 3. The summed E-state index contributed by atoms with van der Waals surface area (Å²) in [4.78, 5) is 24.5. The van der Waals surface area contributed by atoms with Gasteiger partial charge in [0.15, 0.2) is 5.75 Å². The van der Waals surface area contributed by atoms with Gasteiger partial charge in [-0.2, -0.15) is 0 Å². The lowest BCUT2D eigenvalue weighted by atomic mass is 9.99. The van der Waals surface area contributed by atoms with Crippen LogP contribution < -0.4 is 10.1 Å².